The summed E-state index contributed by atoms with van der Waals surface area (Å²) in [7, 11) is 0. The van der Waals surface area contributed by atoms with Crippen molar-refractivity contribution < 1.29 is 4.52 Å². The van der Waals surface area contributed by atoms with Crippen LogP contribution in [0.1, 0.15) is 25.3 Å². The first-order chi connectivity index (χ1) is 14.0. The molecule has 2 heterocycles. The molecule has 0 aliphatic rings. The summed E-state index contributed by atoms with van der Waals surface area (Å²) in [6, 6.07) is 15.2. The van der Waals surface area contributed by atoms with E-state index in [1.165, 1.54) is 4.57 Å². The van der Waals surface area contributed by atoms with E-state index in [0.717, 1.165) is 5.56 Å². The van der Waals surface area contributed by atoms with Crippen LogP contribution >= 0.6 is 0 Å². The lowest BCUT2D eigenvalue weighted by Crippen LogP contribution is -2.37. The number of nitrogens with one attached hydrogen (secondary N) is 1. The smallest absolute Gasteiger partial charge is 0.316 e. The lowest BCUT2D eigenvalue weighted by atomic mass is 10.1. The number of aromatic nitrogens is 4. The Bertz CT molecular complexity index is 1300. The molecule has 0 aliphatic carbocycles. The van der Waals surface area contributed by atoms with E-state index in [9.17, 15) is 9.59 Å². The molecule has 0 amide bonds. The predicted molar refractivity (Wildman–Crippen MR) is 112 cm³/mol. The van der Waals surface area contributed by atoms with Gasteiger partial charge in [-0.15, -0.1) is 0 Å². The Morgan fingerprint density at radius 3 is 2.66 bits per heavy atom. The summed E-state index contributed by atoms with van der Waals surface area (Å²) in [5.74, 6) is 1.01. The van der Waals surface area contributed by atoms with Gasteiger partial charge < -0.3 is 14.1 Å². The van der Waals surface area contributed by atoms with E-state index < -0.39 is 11.1 Å². The summed E-state index contributed by atoms with van der Waals surface area (Å²) in [5, 5.41) is 4.02. The summed E-state index contributed by atoms with van der Waals surface area (Å²) >= 11 is 0. The standard InChI is InChI=1S/C22H20N4O3/c1-14(2)13-26-18-10-9-16(12-17(18)23-21(27)22(26)28)20-24-19(29-25-20)11-8-15-6-4-3-5-7-15/h3-12,14H,13H2,1-2H3,(H,23,27). The van der Waals surface area contributed by atoms with Gasteiger partial charge in [0.1, 0.15) is 0 Å². The fraction of sp³-hybridized carbons (Fsp3) is 0.182. The van der Waals surface area contributed by atoms with Gasteiger partial charge in [-0.2, -0.15) is 4.98 Å². The van der Waals surface area contributed by atoms with Crippen LogP contribution in [0.4, 0.5) is 0 Å². The van der Waals surface area contributed by atoms with Crippen molar-refractivity contribution in [3.63, 3.8) is 0 Å². The fourth-order valence-corrected chi connectivity index (χ4v) is 3.12. The molecule has 0 atom stereocenters. The molecule has 146 valence electrons. The Balaban J connectivity index is 1.69. The average Bonchev–Trinajstić information content (AvgIpc) is 3.19. The normalized spacial score (nSPS) is 11.7. The number of H-pyrrole nitrogens is 1. The first-order valence-electron chi connectivity index (χ1n) is 9.35. The fourth-order valence-electron chi connectivity index (χ4n) is 3.12. The minimum atomic E-state index is -0.644. The van der Waals surface area contributed by atoms with Crippen molar-refractivity contribution in [2.45, 2.75) is 20.4 Å². The van der Waals surface area contributed by atoms with Gasteiger partial charge in [-0.25, -0.2) is 0 Å². The summed E-state index contributed by atoms with van der Waals surface area (Å²) in [5.41, 5.74) is 1.74. The third-order valence-electron chi connectivity index (χ3n) is 4.44. The Hall–Kier alpha value is -3.74. The van der Waals surface area contributed by atoms with Crippen molar-refractivity contribution in [3.8, 4) is 11.4 Å². The summed E-state index contributed by atoms with van der Waals surface area (Å²) in [4.78, 5) is 31.3. The minimum absolute atomic E-state index is 0.230. The average molecular weight is 388 g/mol. The number of hydrogen-bond acceptors (Lipinski definition) is 5. The topological polar surface area (TPSA) is 93.8 Å². The van der Waals surface area contributed by atoms with Gasteiger partial charge in [0.15, 0.2) is 0 Å². The van der Waals surface area contributed by atoms with Gasteiger partial charge in [-0.3, -0.25) is 9.59 Å². The molecule has 2 aromatic heterocycles. The van der Waals surface area contributed by atoms with Crippen LogP contribution in [0.25, 0.3) is 34.6 Å². The van der Waals surface area contributed by atoms with Crippen LogP contribution in [0.2, 0.25) is 0 Å². The Labute approximate surface area is 166 Å². The number of fused-ring (bicyclic) bond motifs is 1. The highest BCUT2D eigenvalue weighted by Crippen LogP contribution is 2.21. The summed E-state index contributed by atoms with van der Waals surface area (Å²) in [6.07, 6.45) is 3.63. The Kier molecular flexibility index (Phi) is 4.95. The molecule has 4 rings (SSSR count). The van der Waals surface area contributed by atoms with Gasteiger partial charge in [0.25, 0.3) is 5.89 Å². The van der Waals surface area contributed by atoms with Crippen molar-refractivity contribution >= 4 is 23.2 Å². The van der Waals surface area contributed by atoms with Gasteiger partial charge in [0, 0.05) is 18.2 Å². The lowest BCUT2D eigenvalue weighted by molar-refractivity contribution is 0.411. The van der Waals surface area contributed by atoms with E-state index in [2.05, 4.69) is 15.1 Å². The van der Waals surface area contributed by atoms with E-state index >= 15 is 0 Å². The number of rotatable bonds is 5. The maximum absolute atomic E-state index is 12.2. The Morgan fingerprint density at radius 2 is 1.90 bits per heavy atom. The molecular weight excluding hydrogens is 368 g/mol. The zero-order chi connectivity index (χ0) is 20.4. The van der Waals surface area contributed by atoms with Crippen molar-refractivity contribution in [1.29, 1.82) is 0 Å². The first kappa shape index (κ1) is 18.6. The molecule has 0 radical (unpaired) electrons. The molecule has 0 unspecified atom stereocenters. The van der Waals surface area contributed by atoms with Gasteiger partial charge in [-0.05, 0) is 35.8 Å². The van der Waals surface area contributed by atoms with Crippen LogP contribution in [-0.4, -0.2) is 19.7 Å². The predicted octanol–water partition coefficient (Wildman–Crippen LogP) is 3.57. The van der Waals surface area contributed by atoms with Crippen LogP contribution in [0.3, 0.4) is 0 Å². The van der Waals surface area contributed by atoms with E-state index in [-0.39, 0.29) is 5.92 Å². The second-order valence-corrected chi connectivity index (χ2v) is 7.20. The molecule has 4 aromatic rings. The van der Waals surface area contributed by atoms with E-state index in [1.54, 1.807) is 18.2 Å². The number of hydrogen-bond donors (Lipinski definition) is 1. The molecule has 0 saturated carbocycles. The molecule has 1 N–H and O–H groups in total. The molecule has 0 fully saturated rings. The monoisotopic (exact) mass is 388 g/mol. The van der Waals surface area contributed by atoms with E-state index in [0.29, 0.717) is 34.9 Å². The van der Waals surface area contributed by atoms with Crippen LogP contribution in [0.5, 0.6) is 0 Å². The molecule has 0 aliphatic heterocycles. The lowest BCUT2D eigenvalue weighted by Gasteiger charge is -2.12. The van der Waals surface area contributed by atoms with Crippen molar-refractivity contribution in [2.24, 2.45) is 5.92 Å². The number of nitrogens with zero attached hydrogens (tertiary/aromatic N) is 3. The van der Waals surface area contributed by atoms with Crippen molar-refractivity contribution in [2.75, 3.05) is 0 Å². The van der Waals surface area contributed by atoms with Crippen LogP contribution in [0.15, 0.2) is 62.6 Å². The maximum Gasteiger partial charge on any atom is 0.316 e. The largest absolute Gasteiger partial charge is 0.334 e. The molecule has 2 aromatic carbocycles. The van der Waals surface area contributed by atoms with E-state index in [1.807, 2.05) is 56.3 Å². The molecule has 0 saturated heterocycles. The van der Waals surface area contributed by atoms with Crippen LogP contribution < -0.4 is 11.1 Å². The van der Waals surface area contributed by atoms with Gasteiger partial charge in [0.05, 0.1) is 11.0 Å². The highest BCUT2D eigenvalue weighted by Gasteiger charge is 2.12. The maximum atomic E-state index is 12.2. The highest BCUT2D eigenvalue weighted by molar-refractivity contribution is 5.80. The zero-order valence-corrected chi connectivity index (χ0v) is 16.1. The highest BCUT2D eigenvalue weighted by atomic mass is 16.5. The molecule has 7 heteroatoms. The molecule has 29 heavy (non-hydrogen) atoms. The van der Waals surface area contributed by atoms with Crippen molar-refractivity contribution in [1.82, 2.24) is 19.7 Å². The van der Waals surface area contributed by atoms with E-state index in [4.69, 9.17) is 4.52 Å². The molecule has 7 nitrogen and oxygen atoms in total. The van der Waals surface area contributed by atoms with Gasteiger partial charge in [0.2, 0.25) is 5.82 Å². The quantitative estimate of drug-likeness (QED) is 0.528. The molecule has 0 spiro atoms. The van der Waals surface area contributed by atoms with Gasteiger partial charge >= 0.3 is 11.1 Å². The van der Waals surface area contributed by atoms with Crippen LogP contribution in [0, 0.1) is 5.92 Å². The first-order valence-corrected chi connectivity index (χ1v) is 9.35. The van der Waals surface area contributed by atoms with Crippen molar-refractivity contribution in [3.05, 3.63) is 80.7 Å². The second-order valence-electron chi connectivity index (χ2n) is 7.20. The minimum Gasteiger partial charge on any atom is -0.334 e. The Morgan fingerprint density at radius 1 is 1.10 bits per heavy atom. The SMILES string of the molecule is CC(C)Cn1c(=O)c(=O)[nH]c2cc(-c3noc(C=Cc4ccccc4)n3)ccc21. The summed E-state index contributed by atoms with van der Waals surface area (Å²) in [6.45, 7) is 4.46. The van der Waals surface area contributed by atoms with Gasteiger partial charge in [-0.1, -0.05) is 49.3 Å². The number of aromatic amines is 1. The molecular formula is C22H20N4O3. The zero-order valence-electron chi connectivity index (χ0n) is 16.1. The second kappa shape index (κ2) is 7.71. The van der Waals surface area contributed by atoms with Crippen LogP contribution in [-0.2, 0) is 6.54 Å². The third-order valence-corrected chi connectivity index (χ3v) is 4.44. The third kappa shape index (κ3) is 3.94. The number of benzene rings is 2. The molecule has 0 bridgehead atoms. The summed E-state index contributed by atoms with van der Waals surface area (Å²) < 4.78 is 6.80.